The fourth-order valence-electron chi connectivity index (χ4n) is 2.64. The minimum Gasteiger partial charge on any atom is -0.493 e. The summed E-state index contributed by atoms with van der Waals surface area (Å²) in [5, 5.41) is 2.78. The largest absolute Gasteiger partial charge is 0.493 e. The van der Waals surface area contributed by atoms with Gasteiger partial charge in [0.05, 0.1) is 18.0 Å². The summed E-state index contributed by atoms with van der Waals surface area (Å²) in [5.74, 6) is 0.829. The lowest BCUT2D eigenvalue weighted by molar-refractivity contribution is 0.111. The van der Waals surface area contributed by atoms with Crippen LogP contribution in [0.25, 0.3) is 16.4 Å². The van der Waals surface area contributed by atoms with Gasteiger partial charge in [0.2, 0.25) is 0 Å². The summed E-state index contributed by atoms with van der Waals surface area (Å²) in [5.41, 5.74) is 3.71. The zero-order chi connectivity index (χ0) is 18.0. The van der Waals surface area contributed by atoms with E-state index in [1.54, 1.807) is 10.6 Å². The molecule has 0 saturated carbocycles. The number of hydrogen-bond acceptors (Lipinski definition) is 4. The van der Waals surface area contributed by atoms with Crippen molar-refractivity contribution in [1.29, 1.82) is 0 Å². The highest BCUT2D eigenvalue weighted by Crippen LogP contribution is 2.36. The van der Waals surface area contributed by atoms with E-state index in [1.807, 2.05) is 30.6 Å². The number of thiazole rings is 1. The van der Waals surface area contributed by atoms with E-state index in [2.05, 4.69) is 32.9 Å². The fourth-order valence-corrected chi connectivity index (χ4v) is 3.47. The van der Waals surface area contributed by atoms with Crippen LogP contribution >= 0.6 is 11.3 Å². The fraction of sp³-hybridized carbons (Fsp3) is 0.300. The van der Waals surface area contributed by atoms with E-state index in [9.17, 15) is 4.79 Å². The average molecular weight is 354 g/mol. The Labute approximate surface area is 152 Å². The first-order chi connectivity index (χ1) is 11.9. The molecule has 0 fully saturated rings. The molecule has 0 radical (unpaired) electrons. The molecular formula is C20H22N2O2S. The van der Waals surface area contributed by atoms with Gasteiger partial charge in [-0.15, -0.1) is 11.3 Å². The van der Waals surface area contributed by atoms with Crippen molar-refractivity contribution in [3.63, 3.8) is 0 Å². The SMILES string of the molecule is CCOc1ccc(C(C)(C)C)cc1-c1csc(-n2cccc2C=O)n1. The Balaban J connectivity index is 2.08. The Bertz CT molecular complexity index is 887. The zero-order valence-electron chi connectivity index (χ0n) is 14.9. The van der Waals surface area contributed by atoms with Crippen molar-refractivity contribution < 1.29 is 9.53 Å². The number of nitrogens with zero attached hydrogens (tertiary/aromatic N) is 2. The molecule has 0 aliphatic rings. The number of ether oxygens (including phenoxy) is 1. The quantitative estimate of drug-likeness (QED) is 0.598. The molecule has 25 heavy (non-hydrogen) atoms. The molecule has 0 aliphatic heterocycles. The molecule has 2 aromatic heterocycles. The van der Waals surface area contributed by atoms with E-state index in [4.69, 9.17) is 9.72 Å². The van der Waals surface area contributed by atoms with E-state index < -0.39 is 0 Å². The summed E-state index contributed by atoms with van der Waals surface area (Å²) in [6, 6.07) is 9.90. The lowest BCUT2D eigenvalue weighted by Gasteiger charge is -2.21. The van der Waals surface area contributed by atoms with Gasteiger partial charge in [0, 0.05) is 17.1 Å². The van der Waals surface area contributed by atoms with Crippen molar-refractivity contribution in [1.82, 2.24) is 9.55 Å². The molecule has 0 spiro atoms. The number of carbonyl (C=O) groups excluding carboxylic acids is 1. The van der Waals surface area contributed by atoms with Crippen molar-refractivity contribution in [3.05, 3.63) is 53.2 Å². The van der Waals surface area contributed by atoms with E-state index in [0.29, 0.717) is 12.3 Å². The zero-order valence-corrected chi connectivity index (χ0v) is 15.8. The van der Waals surface area contributed by atoms with Crippen LogP contribution < -0.4 is 4.74 Å². The minimum absolute atomic E-state index is 0.0451. The normalized spacial score (nSPS) is 11.5. The van der Waals surface area contributed by atoms with Gasteiger partial charge in [-0.1, -0.05) is 26.8 Å². The van der Waals surface area contributed by atoms with Crippen LogP contribution in [-0.2, 0) is 5.41 Å². The monoisotopic (exact) mass is 354 g/mol. The molecule has 4 nitrogen and oxygen atoms in total. The highest BCUT2D eigenvalue weighted by molar-refractivity contribution is 7.12. The molecule has 2 heterocycles. The second-order valence-corrected chi connectivity index (χ2v) is 7.67. The summed E-state index contributed by atoms with van der Waals surface area (Å²) in [4.78, 5) is 15.9. The Morgan fingerprint density at radius 2 is 2.08 bits per heavy atom. The Morgan fingerprint density at radius 1 is 1.28 bits per heavy atom. The average Bonchev–Trinajstić information content (AvgIpc) is 3.23. The van der Waals surface area contributed by atoms with Crippen LogP contribution in [0.5, 0.6) is 5.75 Å². The molecule has 0 N–H and O–H groups in total. The lowest BCUT2D eigenvalue weighted by Crippen LogP contribution is -2.11. The standard InChI is InChI=1S/C20H22N2O2S/c1-5-24-18-9-8-14(20(2,3)4)11-16(18)17-13-25-19(21-17)22-10-6-7-15(22)12-23/h6-13H,5H2,1-4H3. The number of hydrogen-bond donors (Lipinski definition) is 0. The summed E-state index contributed by atoms with van der Waals surface area (Å²) < 4.78 is 7.61. The number of rotatable bonds is 5. The number of aromatic nitrogens is 2. The summed E-state index contributed by atoms with van der Waals surface area (Å²) >= 11 is 1.51. The predicted octanol–water partition coefficient (Wildman–Crippen LogP) is 5.11. The summed E-state index contributed by atoms with van der Waals surface area (Å²) in [7, 11) is 0. The minimum atomic E-state index is 0.0451. The van der Waals surface area contributed by atoms with Crippen LogP contribution in [0.4, 0.5) is 0 Å². The van der Waals surface area contributed by atoms with Crippen molar-refractivity contribution in [2.75, 3.05) is 6.61 Å². The maximum atomic E-state index is 11.2. The first-order valence-electron chi connectivity index (χ1n) is 8.30. The molecule has 0 amide bonds. The van der Waals surface area contributed by atoms with Crippen LogP contribution in [0.3, 0.4) is 0 Å². The molecule has 1 aromatic carbocycles. The van der Waals surface area contributed by atoms with Crippen molar-refractivity contribution in [2.45, 2.75) is 33.1 Å². The molecular weight excluding hydrogens is 332 g/mol. The van der Waals surface area contributed by atoms with E-state index >= 15 is 0 Å². The first-order valence-corrected chi connectivity index (χ1v) is 9.18. The van der Waals surface area contributed by atoms with Crippen LogP contribution in [-0.4, -0.2) is 22.4 Å². The molecule has 130 valence electrons. The summed E-state index contributed by atoms with van der Waals surface area (Å²) in [6.07, 6.45) is 2.69. The predicted molar refractivity (Wildman–Crippen MR) is 102 cm³/mol. The van der Waals surface area contributed by atoms with E-state index in [0.717, 1.165) is 28.4 Å². The van der Waals surface area contributed by atoms with Crippen LogP contribution in [0.1, 0.15) is 43.7 Å². The maximum absolute atomic E-state index is 11.2. The van der Waals surface area contributed by atoms with Gasteiger partial charge < -0.3 is 4.74 Å². The summed E-state index contributed by atoms with van der Waals surface area (Å²) in [6.45, 7) is 9.15. The third kappa shape index (κ3) is 3.51. The molecule has 0 unspecified atom stereocenters. The van der Waals surface area contributed by atoms with E-state index in [1.165, 1.54) is 16.9 Å². The Hall–Kier alpha value is -2.40. The molecule has 5 heteroatoms. The van der Waals surface area contributed by atoms with E-state index in [-0.39, 0.29) is 5.41 Å². The lowest BCUT2D eigenvalue weighted by atomic mass is 9.86. The van der Waals surface area contributed by atoms with Crippen LogP contribution in [0, 0.1) is 0 Å². The van der Waals surface area contributed by atoms with Crippen molar-refractivity contribution in [2.24, 2.45) is 0 Å². The second-order valence-electron chi connectivity index (χ2n) is 6.83. The first kappa shape index (κ1) is 17.4. The van der Waals surface area contributed by atoms with Crippen molar-refractivity contribution >= 4 is 17.6 Å². The molecule has 0 saturated heterocycles. The molecule has 0 bridgehead atoms. The van der Waals surface area contributed by atoms with Crippen LogP contribution in [0.15, 0.2) is 41.9 Å². The van der Waals surface area contributed by atoms with Gasteiger partial charge in [0.25, 0.3) is 0 Å². The number of aldehydes is 1. The molecule has 0 aliphatic carbocycles. The van der Waals surface area contributed by atoms with Gasteiger partial charge in [-0.3, -0.25) is 9.36 Å². The molecule has 3 aromatic rings. The third-order valence-electron chi connectivity index (χ3n) is 4.02. The number of carbonyl (C=O) groups is 1. The number of benzene rings is 1. The smallest absolute Gasteiger partial charge is 0.194 e. The van der Waals surface area contributed by atoms with Gasteiger partial charge in [0.1, 0.15) is 5.75 Å². The second kappa shape index (κ2) is 6.84. The highest BCUT2D eigenvalue weighted by atomic mass is 32.1. The molecule has 0 atom stereocenters. The van der Waals surface area contributed by atoms with Crippen LogP contribution in [0.2, 0.25) is 0 Å². The molecule has 3 rings (SSSR count). The van der Waals surface area contributed by atoms with Gasteiger partial charge in [0.15, 0.2) is 11.4 Å². The van der Waals surface area contributed by atoms with Gasteiger partial charge in [-0.05, 0) is 42.2 Å². The Morgan fingerprint density at radius 3 is 2.76 bits per heavy atom. The van der Waals surface area contributed by atoms with Gasteiger partial charge in [-0.25, -0.2) is 4.98 Å². The van der Waals surface area contributed by atoms with Gasteiger partial charge in [-0.2, -0.15) is 0 Å². The maximum Gasteiger partial charge on any atom is 0.194 e. The van der Waals surface area contributed by atoms with Crippen molar-refractivity contribution in [3.8, 4) is 22.1 Å². The highest BCUT2D eigenvalue weighted by Gasteiger charge is 2.18. The topological polar surface area (TPSA) is 44.1 Å². The third-order valence-corrected chi connectivity index (χ3v) is 4.86. The Kier molecular flexibility index (Phi) is 4.77. The van der Waals surface area contributed by atoms with Gasteiger partial charge >= 0.3 is 0 Å².